The molecular formula is C19H17F3N4O3S. The summed E-state index contributed by atoms with van der Waals surface area (Å²) in [6.45, 7) is 2.92. The fraction of sp³-hybridized carbons (Fsp3) is 0.263. The van der Waals surface area contributed by atoms with Crippen LogP contribution in [0.15, 0.2) is 40.6 Å². The van der Waals surface area contributed by atoms with E-state index in [4.69, 9.17) is 5.73 Å². The van der Waals surface area contributed by atoms with Crippen molar-refractivity contribution in [2.75, 3.05) is 0 Å². The SMILES string of the molecule is CC(C)(O)Cc1c(-c2ccc(C(F)(F)F)cc2)nn(-c2cnsc2)c(=O)c1C(N)=O. The standard InChI is InChI=1S/C19H17F3N4O3S/c1-18(2,29)7-13-14(16(23)27)17(28)26(12-8-24-30-9-12)25-15(13)10-3-5-11(6-4-10)19(20,21)22/h3-6,8-9,29H,7H2,1-2H3,(H2,23,27). The zero-order chi connectivity index (χ0) is 22.3. The Balaban J connectivity index is 2.33. The van der Waals surface area contributed by atoms with E-state index in [0.29, 0.717) is 0 Å². The minimum atomic E-state index is -4.53. The van der Waals surface area contributed by atoms with Gasteiger partial charge < -0.3 is 10.8 Å². The highest BCUT2D eigenvalue weighted by molar-refractivity contribution is 7.03. The van der Waals surface area contributed by atoms with Gasteiger partial charge in [0.2, 0.25) is 0 Å². The van der Waals surface area contributed by atoms with E-state index in [1.54, 1.807) is 0 Å². The molecule has 0 aliphatic heterocycles. The largest absolute Gasteiger partial charge is 0.416 e. The van der Waals surface area contributed by atoms with Crippen LogP contribution in [-0.4, -0.2) is 30.8 Å². The molecule has 0 fully saturated rings. The Morgan fingerprint density at radius 1 is 1.23 bits per heavy atom. The number of aliphatic hydroxyl groups is 1. The molecule has 1 amide bonds. The minimum Gasteiger partial charge on any atom is -0.390 e. The first-order chi connectivity index (χ1) is 13.9. The molecule has 0 spiro atoms. The second-order valence-corrected chi connectivity index (χ2v) is 7.89. The second-order valence-electron chi connectivity index (χ2n) is 7.23. The summed E-state index contributed by atoms with van der Waals surface area (Å²) >= 11 is 1.05. The number of halogens is 3. The van der Waals surface area contributed by atoms with Crippen LogP contribution in [0.5, 0.6) is 0 Å². The number of benzene rings is 1. The van der Waals surface area contributed by atoms with Crippen molar-refractivity contribution >= 4 is 17.4 Å². The lowest BCUT2D eigenvalue weighted by Crippen LogP contribution is -2.35. The smallest absolute Gasteiger partial charge is 0.390 e. The number of aromatic nitrogens is 3. The lowest BCUT2D eigenvalue weighted by atomic mass is 9.91. The lowest BCUT2D eigenvalue weighted by molar-refractivity contribution is -0.137. The summed E-state index contributed by atoms with van der Waals surface area (Å²) in [5.74, 6) is -1.04. The predicted molar refractivity (Wildman–Crippen MR) is 104 cm³/mol. The van der Waals surface area contributed by atoms with Gasteiger partial charge in [0.1, 0.15) is 5.56 Å². The molecule has 11 heteroatoms. The van der Waals surface area contributed by atoms with Crippen LogP contribution >= 0.6 is 11.5 Å². The monoisotopic (exact) mass is 438 g/mol. The Labute approximate surface area is 172 Å². The molecule has 0 saturated heterocycles. The normalized spacial score (nSPS) is 12.2. The molecule has 0 atom stereocenters. The number of primary amides is 1. The van der Waals surface area contributed by atoms with Crippen molar-refractivity contribution in [3.63, 3.8) is 0 Å². The van der Waals surface area contributed by atoms with Crippen LogP contribution in [0.4, 0.5) is 13.2 Å². The average molecular weight is 438 g/mol. The van der Waals surface area contributed by atoms with E-state index in [-0.39, 0.29) is 28.9 Å². The minimum absolute atomic E-state index is 0.0548. The maximum atomic E-state index is 12.9. The molecule has 2 aromatic heterocycles. The van der Waals surface area contributed by atoms with Crippen LogP contribution in [0.25, 0.3) is 16.9 Å². The molecule has 0 aliphatic rings. The number of amides is 1. The molecule has 158 valence electrons. The van der Waals surface area contributed by atoms with Gasteiger partial charge in [-0.2, -0.15) is 27.3 Å². The number of rotatable bonds is 5. The van der Waals surface area contributed by atoms with E-state index >= 15 is 0 Å². The molecule has 0 aliphatic carbocycles. The lowest BCUT2D eigenvalue weighted by Gasteiger charge is -2.21. The van der Waals surface area contributed by atoms with Crippen LogP contribution < -0.4 is 11.3 Å². The van der Waals surface area contributed by atoms with Gasteiger partial charge >= 0.3 is 6.18 Å². The van der Waals surface area contributed by atoms with Gasteiger partial charge in [-0.3, -0.25) is 9.59 Å². The fourth-order valence-electron chi connectivity index (χ4n) is 2.95. The highest BCUT2D eigenvalue weighted by Gasteiger charge is 2.31. The van der Waals surface area contributed by atoms with Crippen LogP contribution in [0.1, 0.15) is 35.3 Å². The molecule has 0 saturated carbocycles. The van der Waals surface area contributed by atoms with E-state index in [0.717, 1.165) is 28.3 Å². The number of hydrogen-bond donors (Lipinski definition) is 2. The Morgan fingerprint density at radius 3 is 2.33 bits per heavy atom. The third-order valence-electron chi connectivity index (χ3n) is 4.20. The summed E-state index contributed by atoms with van der Waals surface area (Å²) in [5.41, 5.74) is 2.66. The van der Waals surface area contributed by atoms with Gasteiger partial charge in [0.05, 0.1) is 28.7 Å². The number of nitrogens with two attached hydrogens (primary N) is 1. The fourth-order valence-corrected chi connectivity index (χ4v) is 3.44. The molecule has 1 aromatic carbocycles. The third kappa shape index (κ3) is 4.41. The predicted octanol–water partition coefficient (Wildman–Crippen LogP) is 2.79. The van der Waals surface area contributed by atoms with E-state index in [1.165, 1.54) is 37.6 Å². The zero-order valence-electron chi connectivity index (χ0n) is 15.9. The van der Waals surface area contributed by atoms with Crippen molar-refractivity contribution < 1.29 is 23.1 Å². The van der Waals surface area contributed by atoms with Crippen molar-refractivity contribution in [2.45, 2.75) is 32.0 Å². The molecule has 0 unspecified atom stereocenters. The molecule has 3 N–H and O–H groups in total. The summed E-state index contributed by atoms with van der Waals surface area (Å²) in [7, 11) is 0. The van der Waals surface area contributed by atoms with Gasteiger partial charge in [0, 0.05) is 22.9 Å². The molecule has 3 aromatic rings. The Morgan fingerprint density at radius 2 is 1.87 bits per heavy atom. The molecule has 2 heterocycles. The first kappa shape index (κ1) is 21.7. The van der Waals surface area contributed by atoms with E-state index in [9.17, 15) is 27.9 Å². The van der Waals surface area contributed by atoms with Crippen molar-refractivity contribution in [3.05, 3.63) is 62.9 Å². The Hall–Kier alpha value is -3.05. The highest BCUT2D eigenvalue weighted by Crippen LogP contribution is 2.32. The van der Waals surface area contributed by atoms with Crippen molar-refractivity contribution in [1.82, 2.24) is 14.2 Å². The number of nitrogens with zero attached hydrogens (tertiary/aromatic N) is 3. The summed E-state index contributed by atoms with van der Waals surface area (Å²) in [4.78, 5) is 25.1. The van der Waals surface area contributed by atoms with Gasteiger partial charge in [-0.15, -0.1) is 0 Å². The highest BCUT2D eigenvalue weighted by atomic mass is 32.1. The van der Waals surface area contributed by atoms with Crippen LogP contribution in [0, 0.1) is 0 Å². The zero-order valence-corrected chi connectivity index (χ0v) is 16.7. The first-order valence-corrected chi connectivity index (χ1v) is 9.48. The van der Waals surface area contributed by atoms with Crippen molar-refractivity contribution in [1.29, 1.82) is 0 Å². The van der Waals surface area contributed by atoms with Gasteiger partial charge in [-0.05, 0) is 37.5 Å². The molecule has 0 radical (unpaired) electrons. The Kier molecular flexibility index (Phi) is 5.52. The number of hydrogen-bond acceptors (Lipinski definition) is 6. The van der Waals surface area contributed by atoms with Gasteiger partial charge in [0.15, 0.2) is 0 Å². The number of carbonyl (C=O) groups excluding carboxylic acids is 1. The van der Waals surface area contributed by atoms with Crippen LogP contribution in [-0.2, 0) is 12.6 Å². The molecule has 7 nitrogen and oxygen atoms in total. The van der Waals surface area contributed by atoms with Crippen molar-refractivity contribution in [3.8, 4) is 16.9 Å². The summed E-state index contributed by atoms with van der Waals surface area (Å²) in [6.07, 6.45) is -3.34. The van der Waals surface area contributed by atoms with Crippen LogP contribution in [0.3, 0.4) is 0 Å². The summed E-state index contributed by atoms with van der Waals surface area (Å²) < 4.78 is 43.6. The van der Waals surface area contributed by atoms with E-state index in [1.807, 2.05) is 0 Å². The van der Waals surface area contributed by atoms with Crippen molar-refractivity contribution in [2.24, 2.45) is 5.73 Å². The maximum absolute atomic E-state index is 12.9. The Bertz CT molecular complexity index is 1130. The number of carbonyl (C=O) groups is 1. The quantitative estimate of drug-likeness (QED) is 0.636. The molecule has 0 bridgehead atoms. The maximum Gasteiger partial charge on any atom is 0.416 e. The topological polar surface area (TPSA) is 111 Å². The average Bonchev–Trinajstić information content (AvgIpc) is 3.14. The molecule has 3 rings (SSSR count). The first-order valence-electron chi connectivity index (χ1n) is 8.64. The summed E-state index contributed by atoms with van der Waals surface area (Å²) in [6, 6.07) is 4.11. The number of alkyl halides is 3. The molecular weight excluding hydrogens is 421 g/mol. The van der Waals surface area contributed by atoms with E-state index in [2.05, 4.69) is 9.47 Å². The van der Waals surface area contributed by atoms with Gasteiger partial charge in [-0.25, -0.2) is 0 Å². The third-order valence-corrected chi connectivity index (χ3v) is 4.77. The van der Waals surface area contributed by atoms with Gasteiger partial charge in [-0.1, -0.05) is 12.1 Å². The van der Waals surface area contributed by atoms with E-state index < -0.39 is 34.4 Å². The molecule has 30 heavy (non-hydrogen) atoms. The van der Waals surface area contributed by atoms with Gasteiger partial charge in [0.25, 0.3) is 11.5 Å². The summed E-state index contributed by atoms with van der Waals surface area (Å²) in [5, 5.41) is 16.1. The second kappa shape index (κ2) is 7.65. The van der Waals surface area contributed by atoms with Crippen LogP contribution in [0.2, 0.25) is 0 Å².